The van der Waals surface area contributed by atoms with Gasteiger partial charge in [-0.3, -0.25) is 19.3 Å². The van der Waals surface area contributed by atoms with Crippen molar-refractivity contribution in [3.05, 3.63) is 53.6 Å². The highest BCUT2D eigenvalue weighted by Gasteiger charge is 2.28. The number of methoxy groups -OCH3 is 2. The van der Waals surface area contributed by atoms with Gasteiger partial charge in [-0.1, -0.05) is 18.2 Å². The van der Waals surface area contributed by atoms with Gasteiger partial charge in [0.15, 0.2) is 11.5 Å². The monoisotopic (exact) mass is 480 g/mol. The van der Waals surface area contributed by atoms with Crippen LogP contribution in [0.1, 0.15) is 41.6 Å². The number of ether oxygens (including phenoxy) is 2. The summed E-state index contributed by atoms with van der Waals surface area (Å²) in [5.41, 5.74) is 2.06. The molecule has 9 nitrogen and oxygen atoms in total. The van der Waals surface area contributed by atoms with Gasteiger partial charge >= 0.3 is 0 Å². The van der Waals surface area contributed by atoms with Crippen LogP contribution < -0.4 is 25.4 Å². The molecule has 0 saturated carbocycles. The van der Waals surface area contributed by atoms with E-state index in [1.165, 1.54) is 0 Å². The van der Waals surface area contributed by atoms with Gasteiger partial charge in [0.1, 0.15) is 6.04 Å². The summed E-state index contributed by atoms with van der Waals surface area (Å²) in [6, 6.07) is 12.2. The molecule has 2 aromatic rings. The first-order valence-electron chi connectivity index (χ1n) is 11.9. The van der Waals surface area contributed by atoms with Crippen molar-refractivity contribution in [2.24, 2.45) is 0 Å². The highest BCUT2D eigenvalue weighted by Crippen LogP contribution is 2.28. The minimum Gasteiger partial charge on any atom is -0.493 e. The topological polar surface area (TPSA) is 109 Å². The van der Waals surface area contributed by atoms with Crippen molar-refractivity contribution in [3.8, 4) is 11.5 Å². The van der Waals surface area contributed by atoms with Gasteiger partial charge in [0.2, 0.25) is 11.8 Å². The first-order valence-corrected chi connectivity index (χ1v) is 11.9. The van der Waals surface area contributed by atoms with E-state index in [1.54, 1.807) is 38.5 Å². The number of piperidine rings is 1. The van der Waals surface area contributed by atoms with E-state index in [9.17, 15) is 14.4 Å². The molecule has 2 aromatic carbocycles. The molecule has 2 heterocycles. The fraction of sp³-hybridized carbons (Fsp3) is 0.423. The summed E-state index contributed by atoms with van der Waals surface area (Å²) >= 11 is 0. The number of hydrogen-bond acceptors (Lipinski definition) is 6. The fourth-order valence-electron chi connectivity index (χ4n) is 4.56. The smallest absolute Gasteiger partial charge is 0.254 e. The number of carbonyl (C=O) groups excluding carboxylic acids is 3. The van der Waals surface area contributed by atoms with E-state index in [2.05, 4.69) is 20.9 Å². The fourth-order valence-corrected chi connectivity index (χ4v) is 4.56. The van der Waals surface area contributed by atoms with Gasteiger partial charge in [0.25, 0.3) is 5.91 Å². The van der Waals surface area contributed by atoms with E-state index in [0.717, 1.165) is 43.8 Å². The number of nitrogens with one attached hydrogen (secondary N) is 3. The second kappa shape index (κ2) is 11.2. The van der Waals surface area contributed by atoms with E-state index in [4.69, 9.17) is 9.47 Å². The number of amides is 3. The van der Waals surface area contributed by atoms with Crippen LogP contribution in [-0.2, 0) is 16.1 Å². The molecule has 1 saturated heterocycles. The molecule has 3 amide bonds. The Morgan fingerprint density at radius 2 is 1.80 bits per heavy atom. The van der Waals surface area contributed by atoms with E-state index < -0.39 is 6.04 Å². The standard InChI is InChI=1S/C26H32N4O5/c1-34-22-9-7-17(15-23(22)35-2)16-30-13-11-18(12-14-30)27-24(31)10-8-21-26(33)28-20-6-4-3-5-19(20)25(32)29-21/h3-7,9,15,18,21H,8,10-14,16H2,1-2H3,(H,27,31)(H,28,33)(H,29,32). The van der Waals surface area contributed by atoms with Crippen LogP contribution in [0.2, 0.25) is 0 Å². The Labute approximate surface area is 205 Å². The van der Waals surface area contributed by atoms with Crippen molar-refractivity contribution < 1.29 is 23.9 Å². The Bertz CT molecular complexity index is 1080. The number of hydrogen-bond donors (Lipinski definition) is 3. The highest BCUT2D eigenvalue weighted by molar-refractivity contribution is 6.09. The summed E-state index contributed by atoms with van der Waals surface area (Å²) in [5, 5.41) is 8.59. The largest absolute Gasteiger partial charge is 0.493 e. The van der Waals surface area contributed by atoms with Crippen molar-refractivity contribution in [2.45, 2.75) is 44.3 Å². The molecule has 0 bridgehead atoms. The molecule has 3 N–H and O–H groups in total. The molecule has 0 aromatic heterocycles. The van der Waals surface area contributed by atoms with Crippen LogP contribution in [0.25, 0.3) is 0 Å². The summed E-state index contributed by atoms with van der Waals surface area (Å²) in [7, 11) is 3.25. The third-order valence-corrected chi connectivity index (χ3v) is 6.52. The van der Waals surface area contributed by atoms with Gasteiger partial charge < -0.3 is 25.4 Å². The number of nitrogens with zero attached hydrogens (tertiary/aromatic N) is 1. The summed E-state index contributed by atoms with van der Waals surface area (Å²) in [6.07, 6.45) is 2.13. The molecule has 35 heavy (non-hydrogen) atoms. The average molecular weight is 481 g/mol. The van der Waals surface area contributed by atoms with Gasteiger partial charge in [-0.15, -0.1) is 0 Å². The lowest BCUT2D eigenvalue weighted by Gasteiger charge is -2.32. The van der Waals surface area contributed by atoms with Crippen LogP contribution >= 0.6 is 0 Å². The highest BCUT2D eigenvalue weighted by atomic mass is 16.5. The van der Waals surface area contributed by atoms with E-state index in [1.807, 2.05) is 18.2 Å². The number of rotatable bonds is 8. The van der Waals surface area contributed by atoms with Crippen molar-refractivity contribution in [1.82, 2.24) is 15.5 Å². The summed E-state index contributed by atoms with van der Waals surface area (Å²) in [6.45, 7) is 2.55. The molecule has 2 aliphatic rings. The van der Waals surface area contributed by atoms with E-state index in [-0.39, 0.29) is 36.6 Å². The molecule has 0 spiro atoms. The van der Waals surface area contributed by atoms with Gasteiger partial charge in [0, 0.05) is 32.1 Å². The Balaban J connectivity index is 1.21. The van der Waals surface area contributed by atoms with Crippen LogP contribution in [-0.4, -0.2) is 62.0 Å². The van der Waals surface area contributed by atoms with Crippen LogP contribution in [0.4, 0.5) is 5.69 Å². The zero-order valence-corrected chi connectivity index (χ0v) is 20.1. The molecule has 2 aliphatic heterocycles. The number of fused-ring (bicyclic) bond motifs is 1. The Morgan fingerprint density at radius 1 is 1.06 bits per heavy atom. The maximum Gasteiger partial charge on any atom is 0.254 e. The van der Waals surface area contributed by atoms with Crippen LogP contribution in [0, 0.1) is 0 Å². The van der Waals surface area contributed by atoms with Crippen LogP contribution in [0.15, 0.2) is 42.5 Å². The molecule has 4 rings (SSSR count). The summed E-state index contributed by atoms with van der Waals surface area (Å²) in [5.74, 6) is 0.704. The minimum absolute atomic E-state index is 0.103. The first kappa shape index (κ1) is 24.5. The second-order valence-electron chi connectivity index (χ2n) is 8.91. The number of benzene rings is 2. The maximum absolute atomic E-state index is 12.6. The third kappa shape index (κ3) is 6.10. The quantitative estimate of drug-likeness (QED) is 0.535. The number of para-hydroxylation sites is 1. The SMILES string of the molecule is COc1ccc(CN2CCC(NC(=O)CCC3NC(=O)c4ccccc4NC3=O)CC2)cc1OC. The molecule has 186 valence electrons. The number of carbonyl (C=O) groups is 3. The van der Waals surface area contributed by atoms with Crippen molar-refractivity contribution in [1.29, 1.82) is 0 Å². The van der Waals surface area contributed by atoms with Crippen molar-refractivity contribution in [2.75, 3.05) is 32.6 Å². The van der Waals surface area contributed by atoms with Crippen molar-refractivity contribution >= 4 is 23.4 Å². The predicted molar refractivity (Wildman–Crippen MR) is 132 cm³/mol. The number of likely N-dealkylation sites (tertiary alicyclic amines) is 1. The molecular weight excluding hydrogens is 448 g/mol. The first-order chi connectivity index (χ1) is 17.0. The second-order valence-corrected chi connectivity index (χ2v) is 8.91. The predicted octanol–water partition coefficient (Wildman–Crippen LogP) is 2.32. The van der Waals surface area contributed by atoms with Crippen molar-refractivity contribution in [3.63, 3.8) is 0 Å². The summed E-state index contributed by atoms with van der Waals surface area (Å²) < 4.78 is 10.7. The molecule has 1 fully saturated rings. The average Bonchev–Trinajstić information content (AvgIpc) is 2.99. The molecule has 1 atom stereocenters. The molecular formula is C26H32N4O5. The molecule has 0 aliphatic carbocycles. The molecule has 1 unspecified atom stereocenters. The van der Waals surface area contributed by atoms with Gasteiger partial charge in [-0.05, 0) is 49.1 Å². The third-order valence-electron chi connectivity index (χ3n) is 6.52. The van der Waals surface area contributed by atoms with Crippen LogP contribution in [0.3, 0.4) is 0 Å². The van der Waals surface area contributed by atoms with Gasteiger partial charge in [0.05, 0.1) is 25.5 Å². The van der Waals surface area contributed by atoms with Gasteiger partial charge in [-0.2, -0.15) is 0 Å². The molecule has 9 heteroatoms. The lowest BCUT2D eigenvalue weighted by molar-refractivity contribution is -0.122. The van der Waals surface area contributed by atoms with Crippen LogP contribution in [0.5, 0.6) is 11.5 Å². The Hall–Kier alpha value is -3.59. The normalized spacial score (nSPS) is 18.6. The number of anilines is 1. The lowest BCUT2D eigenvalue weighted by atomic mass is 10.0. The lowest BCUT2D eigenvalue weighted by Crippen LogP contribution is -2.45. The molecule has 0 radical (unpaired) electrons. The van der Waals surface area contributed by atoms with E-state index >= 15 is 0 Å². The zero-order chi connectivity index (χ0) is 24.8. The maximum atomic E-state index is 12.6. The van der Waals surface area contributed by atoms with Gasteiger partial charge in [-0.25, -0.2) is 0 Å². The van der Waals surface area contributed by atoms with E-state index in [0.29, 0.717) is 17.0 Å². The summed E-state index contributed by atoms with van der Waals surface area (Å²) in [4.78, 5) is 39.8. The Morgan fingerprint density at radius 3 is 2.54 bits per heavy atom. The zero-order valence-electron chi connectivity index (χ0n) is 20.1. The Kier molecular flexibility index (Phi) is 7.87. The minimum atomic E-state index is -0.746.